The first-order valence-corrected chi connectivity index (χ1v) is 11.2. The van der Waals surface area contributed by atoms with E-state index in [9.17, 15) is 13.2 Å². The molecule has 0 fully saturated rings. The average molecular weight is 426 g/mol. The van der Waals surface area contributed by atoms with Crippen LogP contribution in [0.15, 0.2) is 57.9 Å². The van der Waals surface area contributed by atoms with E-state index in [2.05, 4.69) is 14.9 Å². The van der Waals surface area contributed by atoms with Crippen LogP contribution in [0.25, 0.3) is 11.4 Å². The van der Waals surface area contributed by atoms with Crippen LogP contribution in [0.4, 0.5) is 5.69 Å². The Morgan fingerprint density at radius 2 is 1.97 bits per heavy atom. The van der Waals surface area contributed by atoms with E-state index in [0.29, 0.717) is 12.4 Å². The van der Waals surface area contributed by atoms with E-state index in [1.807, 2.05) is 30.3 Å². The van der Waals surface area contributed by atoms with E-state index in [-0.39, 0.29) is 16.7 Å². The molecular weight excluding hydrogens is 404 g/mol. The lowest BCUT2D eigenvalue weighted by Gasteiger charge is -2.29. The third-order valence-corrected chi connectivity index (χ3v) is 6.57. The minimum absolute atomic E-state index is 0.0519. The monoisotopic (exact) mass is 426 g/mol. The van der Waals surface area contributed by atoms with Gasteiger partial charge in [0.2, 0.25) is 27.6 Å². The highest BCUT2D eigenvalue weighted by atomic mass is 32.2. The van der Waals surface area contributed by atoms with E-state index < -0.39 is 16.1 Å². The smallest absolute Gasteiger partial charge is 0.244 e. The number of anilines is 1. The second kappa shape index (κ2) is 8.00. The molecule has 1 aliphatic rings. The Balaban J connectivity index is 1.55. The van der Waals surface area contributed by atoms with Crippen molar-refractivity contribution < 1.29 is 17.7 Å². The van der Waals surface area contributed by atoms with E-state index >= 15 is 0 Å². The number of aromatic nitrogens is 2. The molecular formula is C21H22N4O4S. The Labute approximate surface area is 175 Å². The molecule has 0 aliphatic carbocycles. The Kier molecular flexibility index (Phi) is 5.40. The Morgan fingerprint density at radius 3 is 2.70 bits per heavy atom. The fourth-order valence-corrected chi connectivity index (χ4v) is 4.78. The maximum absolute atomic E-state index is 12.9. The van der Waals surface area contributed by atoms with E-state index in [0.717, 1.165) is 29.7 Å². The molecule has 2 heterocycles. The molecule has 0 unspecified atom stereocenters. The van der Waals surface area contributed by atoms with Crippen LogP contribution < -0.4 is 9.62 Å². The van der Waals surface area contributed by atoms with E-state index in [1.165, 1.54) is 13.0 Å². The number of nitrogens with zero attached hydrogens (tertiary/aromatic N) is 3. The summed E-state index contributed by atoms with van der Waals surface area (Å²) in [5.41, 5.74) is 2.40. The molecule has 8 nitrogen and oxygen atoms in total. The molecule has 1 amide bonds. The number of aryl methyl sites for hydroxylation is 1. The third-order valence-electron chi connectivity index (χ3n) is 5.04. The highest BCUT2D eigenvalue weighted by Gasteiger charge is 2.26. The van der Waals surface area contributed by atoms with Gasteiger partial charge in [0, 0.05) is 24.7 Å². The van der Waals surface area contributed by atoms with Gasteiger partial charge in [-0.2, -0.15) is 9.71 Å². The number of sulfonamides is 1. The summed E-state index contributed by atoms with van der Waals surface area (Å²) in [5.74, 6) is 0.525. The van der Waals surface area contributed by atoms with Gasteiger partial charge in [0.1, 0.15) is 0 Å². The van der Waals surface area contributed by atoms with Crippen molar-refractivity contribution in [1.29, 1.82) is 0 Å². The van der Waals surface area contributed by atoms with Crippen molar-refractivity contribution in [1.82, 2.24) is 14.9 Å². The Hall–Kier alpha value is -3.04. The largest absolute Gasteiger partial charge is 0.337 e. The normalized spacial score (nSPS) is 14.9. The van der Waals surface area contributed by atoms with Crippen molar-refractivity contribution >= 4 is 21.6 Å². The van der Waals surface area contributed by atoms with E-state index in [4.69, 9.17) is 4.52 Å². The highest BCUT2D eigenvalue weighted by molar-refractivity contribution is 7.89. The molecule has 0 radical (unpaired) electrons. The second-order valence-electron chi connectivity index (χ2n) is 7.23. The topological polar surface area (TPSA) is 105 Å². The number of carbonyl (C=O) groups is 1. The molecule has 4 rings (SSSR count). The van der Waals surface area contributed by atoms with Gasteiger partial charge in [-0.25, -0.2) is 8.42 Å². The van der Waals surface area contributed by atoms with E-state index in [1.54, 1.807) is 24.0 Å². The van der Waals surface area contributed by atoms with Gasteiger partial charge in [-0.05, 0) is 43.5 Å². The molecule has 1 N–H and O–H groups in total. The van der Waals surface area contributed by atoms with Crippen LogP contribution in [-0.4, -0.2) is 31.0 Å². The minimum Gasteiger partial charge on any atom is -0.337 e. The first-order chi connectivity index (χ1) is 14.3. The fraction of sp³-hybridized carbons (Fsp3) is 0.286. The number of amides is 1. The number of nitrogens with one attached hydrogen (secondary N) is 1. The van der Waals surface area contributed by atoms with Gasteiger partial charge in [0.05, 0.1) is 10.9 Å². The first-order valence-electron chi connectivity index (χ1n) is 9.67. The summed E-state index contributed by atoms with van der Waals surface area (Å²) in [6.07, 6.45) is 1.52. The Morgan fingerprint density at radius 1 is 1.20 bits per heavy atom. The van der Waals surface area contributed by atoms with Crippen molar-refractivity contribution in [3.05, 3.63) is 60.0 Å². The summed E-state index contributed by atoms with van der Waals surface area (Å²) in [6, 6.07) is 13.4. The van der Waals surface area contributed by atoms with Crippen molar-refractivity contribution in [3.8, 4) is 11.4 Å². The maximum Gasteiger partial charge on any atom is 0.244 e. The van der Waals surface area contributed by atoms with Gasteiger partial charge in [0.15, 0.2) is 0 Å². The van der Waals surface area contributed by atoms with Crippen LogP contribution in [-0.2, 0) is 21.2 Å². The molecule has 9 heteroatoms. The molecule has 0 bridgehead atoms. The van der Waals surface area contributed by atoms with Crippen molar-refractivity contribution in [2.45, 2.75) is 37.6 Å². The number of carbonyl (C=O) groups excluding carboxylic acids is 1. The summed E-state index contributed by atoms with van der Waals surface area (Å²) in [5, 5.41) is 3.93. The van der Waals surface area contributed by atoms with Crippen LogP contribution in [0.1, 0.15) is 37.8 Å². The van der Waals surface area contributed by atoms with Gasteiger partial charge in [0.25, 0.3) is 0 Å². The van der Waals surface area contributed by atoms with Crippen molar-refractivity contribution in [2.75, 3.05) is 11.4 Å². The number of benzene rings is 2. The fourth-order valence-electron chi connectivity index (χ4n) is 3.53. The summed E-state index contributed by atoms with van der Waals surface area (Å²) in [6.45, 7) is 3.80. The third kappa shape index (κ3) is 3.99. The second-order valence-corrected chi connectivity index (χ2v) is 8.94. The van der Waals surface area contributed by atoms with Gasteiger partial charge in [-0.3, -0.25) is 4.79 Å². The van der Waals surface area contributed by atoms with Gasteiger partial charge < -0.3 is 9.42 Å². The zero-order valence-corrected chi connectivity index (χ0v) is 17.5. The number of fused-ring (bicyclic) bond motifs is 1. The molecule has 156 valence electrons. The number of rotatable bonds is 5. The maximum atomic E-state index is 12.9. The molecule has 3 aromatic rings. The molecule has 1 aliphatic heterocycles. The highest BCUT2D eigenvalue weighted by Crippen LogP contribution is 2.30. The van der Waals surface area contributed by atoms with Gasteiger partial charge >= 0.3 is 0 Å². The van der Waals surface area contributed by atoms with Crippen molar-refractivity contribution in [2.24, 2.45) is 0 Å². The quantitative estimate of drug-likeness (QED) is 0.672. The SMILES string of the molecule is CC(=O)N1CCCc2cc(S(=O)(=O)N[C@H](C)c3nc(-c4ccccc4)no3)ccc21. The number of hydrogen-bond acceptors (Lipinski definition) is 6. The summed E-state index contributed by atoms with van der Waals surface area (Å²) in [7, 11) is -3.82. The molecule has 2 aromatic carbocycles. The summed E-state index contributed by atoms with van der Waals surface area (Å²) >= 11 is 0. The van der Waals surface area contributed by atoms with Crippen LogP contribution in [0.2, 0.25) is 0 Å². The zero-order valence-electron chi connectivity index (χ0n) is 16.7. The van der Waals surface area contributed by atoms with Crippen molar-refractivity contribution in [3.63, 3.8) is 0 Å². The first kappa shape index (κ1) is 20.2. The number of hydrogen-bond donors (Lipinski definition) is 1. The zero-order chi connectivity index (χ0) is 21.3. The molecule has 0 saturated carbocycles. The van der Waals surface area contributed by atoms with Crippen LogP contribution in [0.5, 0.6) is 0 Å². The predicted molar refractivity (Wildman–Crippen MR) is 111 cm³/mol. The standard InChI is InChI=1S/C21H22N4O4S/c1-14(21-22-20(23-29-21)16-7-4-3-5-8-16)24-30(27,28)18-10-11-19-17(13-18)9-6-12-25(19)15(2)26/h3-5,7-8,10-11,13-14,24H,6,9,12H2,1-2H3/t14-/m1/s1. The van der Waals surface area contributed by atoms with Crippen LogP contribution in [0, 0.1) is 0 Å². The van der Waals surface area contributed by atoms with Crippen LogP contribution in [0.3, 0.4) is 0 Å². The molecule has 30 heavy (non-hydrogen) atoms. The molecule has 1 aromatic heterocycles. The predicted octanol–water partition coefficient (Wildman–Crippen LogP) is 3.08. The molecule has 0 saturated heterocycles. The lowest BCUT2D eigenvalue weighted by molar-refractivity contribution is -0.116. The molecule has 1 atom stereocenters. The summed E-state index contributed by atoms with van der Waals surface area (Å²) in [4.78, 5) is 17.9. The lowest BCUT2D eigenvalue weighted by atomic mass is 10.0. The van der Waals surface area contributed by atoms with Gasteiger partial charge in [-0.1, -0.05) is 35.5 Å². The van der Waals surface area contributed by atoms with Gasteiger partial charge in [-0.15, -0.1) is 0 Å². The Bertz CT molecular complexity index is 1170. The minimum atomic E-state index is -3.82. The van der Waals surface area contributed by atoms with Crippen LogP contribution >= 0.6 is 0 Å². The average Bonchev–Trinajstić information content (AvgIpc) is 3.23. The lowest BCUT2D eigenvalue weighted by Crippen LogP contribution is -2.34. The summed E-state index contributed by atoms with van der Waals surface area (Å²) < 4.78 is 33.7. The molecule has 0 spiro atoms.